The summed E-state index contributed by atoms with van der Waals surface area (Å²) >= 11 is 0. The quantitative estimate of drug-likeness (QED) is 0.551. The van der Waals surface area contributed by atoms with Crippen molar-refractivity contribution in [3.05, 3.63) is 0 Å². The molecule has 0 saturated heterocycles. The molecule has 0 radical (unpaired) electrons. The van der Waals surface area contributed by atoms with Gasteiger partial charge in [-0.2, -0.15) is 0 Å². The van der Waals surface area contributed by atoms with Crippen LogP contribution in [0.25, 0.3) is 0 Å². The Labute approximate surface area is 58.9 Å². The van der Waals surface area contributed by atoms with Crippen molar-refractivity contribution < 1.29 is 14.7 Å². The van der Waals surface area contributed by atoms with Gasteiger partial charge in [0, 0.05) is 0 Å². The van der Waals surface area contributed by atoms with Gasteiger partial charge in [-0.3, -0.25) is 4.84 Å². The molecule has 1 saturated carbocycles. The van der Waals surface area contributed by atoms with Crippen LogP contribution < -0.4 is 5.90 Å². The van der Waals surface area contributed by atoms with Gasteiger partial charge in [0.1, 0.15) is 0 Å². The highest BCUT2D eigenvalue weighted by molar-refractivity contribution is 5.72. The highest BCUT2D eigenvalue weighted by Crippen LogP contribution is 2.33. The summed E-state index contributed by atoms with van der Waals surface area (Å²) < 4.78 is 0. The summed E-state index contributed by atoms with van der Waals surface area (Å²) in [4.78, 5) is 14.6. The van der Waals surface area contributed by atoms with Crippen LogP contribution in [0.2, 0.25) is 0 Å². The molecular formula is C6H11NO3. The van der Waals surface area contributed by atoms with E-state index in [1.165, 1.54) is 0 Å². The second-order valence-electron chi connectivity index (χ2n) is 2.64. The topological polar surface area (TPSA) is 72.5 Å². The Morgan fingerprint density at radius 3 is 2.70 bits per heavy atom. The standard InChI is InChI=1S/C6H11NO3/c7-10-5(6(8)9)3-4-1-2-4/h4-5H,1-3,7H2,(H,8,9)/t5-/m1/s1. The molecule has 0 aromatic carbocycles. The van der Waals surface area contributed by atoms with E-state index in [1.807, 2.05) is 0 Å². The predicted molar refractivity (Wildman–Crippen MR) is 34.0 cm³/mol. The van der Waals surface area contributed by atoms with E-state index in [9.17, 15) is 4.79 Å². The van der Waals surface area contributed by atoms with Gasteiger partial charge in [0.05, 0.1) is 0 Å². The lowest BCUT2D eigenvalue weighted by molar-refractivity contribution is -0.151. The van der Waals surface area contributed by atoms with Gasteiger partial charge in [0.2, 0.25) is 0 Å². The maximum absolute atomic E-state index is 10.3. The van der Waals surface area contributed by atoms with E-state index in [2.05, 4.69) is 4.84 Å². The summed E-state index contributed by atoms with van der Waals surface area (Å²) in [6, 6.07) is 0. The lowest BCUT2D eigenvalue weighted by Crippen LogP contribution is -2.27. The highest BCUT2D eigenvalue weighted by Gasteiger charge is 2.29. The first-order valence-electron chi connectivity index (χ1n) is 3.32. The number of hydrogen-bond donors (Lipinski definition) is 2. The fourth-order valence-electron chi connectivity index (χ4n) is 0.871. The summed E-state index contributed by atoms with van der Waals surface area (Å²) in [5, 5.41) is 8.44. The average Bonchev–Trinajstić information content (AvgIpc) is 2.64. The third kappa shape index (κ3) is 1.97. The minimum Gasteiger partial charge on any atom is -0.479 e. The summed E-state index contributed by atoms with van der Waals surface area (Å²) in [5.74, 6) is 4.34. The number of nitrogens with two attached hydrogens (primary N) is 1. The maximum atomic E-state index is 10.3. The third-order valence-corrected chi connectivity index (χ3v) is 1.68. The van der Waals surface area contributed by atoms with E-state index in [1.54, 1.807) is 0 Å². The summed E-state index contributed by atoms with van der Waals surface area (Å²) in [5.41, 5.74) is 0. The van der Waals surface area contributed by atoms with Gasteiger partial charge in [-0.05, 0) is 12.3 Å². The number of rotatable bonds is 4. The van der Waals surface area contributed by atoms with Crippen LogP contribution in [0, 0.1) is 5.92 Å². The molecule has 1 aliphatic rings. The van der Waals surface area contributed by atoms with E-state index < -0.39 is 12.1 Å². The first-order chi connectivity index (χ1) is 4.74. The zero-order valence-electron chi connectivity index (χ0n) is 5.62. The summed E-state index contributed by atoms with van der Waals surface area (Å²) in [6.07, 6.45) is 2.00. The minimum atomic E-state index is -0.964. The molecule has 58 valence electrons. The smallest absolute Gasteiger partial charge is 0.334 e. The molecule has 0 heterocycles. The molecule has 4 nitrogen and oxygen atoms in total. The Kier molecular flexibility index (Phi) is 2.24. The molecule has 4 heteroatoms. The maximum Gasteiger partial charge on any atom is 0.334 e. The minimum absolute atomic E-state index is 0.532. The summed E-state index contributed by atoms with van der Waals surface area (Å²) in [7, 11) is 0. The van der Waals surface area contributed by atoms with Crippen LogP contribution in [0.3, 0.4) is 0 Å². The predicted octanol–water partition coefficient (Wildman–Crippen LogP) is 0.130. The molecule has 0 aromatic heterocycles. The largest absolute Gasteiger partial charge is 0.479 e. The van der Waals surface area contributed by atoms with Gasteiger partial charge in [-0.15, -0.1) is 0 Å². The van der Waals surface area contributed by atoms with Crippen molar-refractivity contribution in [2.45, 2.75) is 25.4 Å². The number of hydrogen-bond acceptors (Lipinski definition) is 3. The van der Waals surface area contributed by atoms with Crippen molar-refractivity contribution in [3.63, 3.8) is 0 Å². The van der Waals surface area contributed by atoms with E-state index in [-0.39, 0.29) is 0 Å². The molecule has 1 rings (SSSR count). The van der Waals surface area contributed by atoms with Gasteiger partial charge in [0.15, 0.2) is 6.10 Å². The second-order valence-corrected chi connectivity index (χ2v) is 2.64. The third-order valence-electron chi connectivity index (χ3n) is 1.68. The molecule has 1 aliphatic carbocycles. The van der Waals surface area contributed by atoms with Crippen LogP contribution in [0.1, 0.15) is 19.3 Å². The van der Waals surface area contributed by atoms with Gasteiger partial charge in [0.25, 0.3) is 0 Å². The number of aliphatic carboxylic acids is 1. The fourth-order valence-corrected chi connectivity index (χ4v) is 0.871. The van der Waals surface area contributed by atoms with Crippen LogP contribution in [0.4, 0.5) is 0 Å². The molecule has 1 atom stereocenters. The number of carboxylic acid groups (broad SMARTS) is 1. The van der Waals surface area contributed by atoms with Crippen LogP contribution >= 0.6 is 0 Å². The first-order valence-corrected chi connectivity index (χ1v) is 3.32. The van der Waals surface area contributed by atoms with Crippen LogP contribution in [0.5, 0.6) is 0 Å². The molecule has 0 unspecified atom stereocenters. The molecule has 0 aliphatic heterocycles. The number of carbonyl (C=O) groups is 1. The molecular weight excluding hydrogens is 134 g/mol. The molecule has 0 amide bonds. The lowest BCUT2D eigenvalue weighted by Gasteiger charge is -2.06. The van der Waals surface area contributed by atoms with Crippen LogP contribution in [0.15, 0.2) is 0 Å². The van der Waals surface area contributed by atoms with E-state index in [0.29, 0.717) is 12.3 Å². The second kappa shape index (κ2) is 2.98. The van der Waals surface area contributed by atoms with Crippen molar-refractivity contribution in [3.8, 4) is 0 Å². The molecule has 10 heavy (non-hydrogen) atoms. The van der Waals surface area contributed by atoms with Gasteiger partial charge in [-0.25, -0.2) is 10.7 Å². The Morgan fingerprint density at radius 2 is 2.40 bits per heavy atom. The monoisotopic (exact) mass is 145 g/mol. The first kappa shape index (κ1) is 7.50. The molecule has 0 bridgehead atoms. The van der Waals surface area contributed by atoms with Crippen LogP contribution in [-0.4, -0.2) is 17.2 Å². The Morgan fingerprint density at radius 1 is 1.80 bits per heavy atom. The van der Waals surface area contributed by atoms with E-state index in [0.717, 1.165) is 12.8 Å². The van der Waals surface area contributed by atoms with Crippen molar-refractivity contribution in [1.82, 2.24) is 0 Å². The van der Waals surface area contributed by atoms with Crippen molar-refractivity contribution in [2.75, 3.05) is 0 Å². The fraction of sp³-hybridized carbons (Fsp3) is 0.833. The van der Waals surface area contributed by atoms with E-state index in [4.69, 9.17) is 11.0 Å². The molecule has 3 N–H and O–H groups in total. The van der Waals surface area contributed by atoms with E-state index >= 15 is 0 Å². The van der Waals surface area contributed by atoms with Crippen molar-refractivity contribution in [1.29, 1.82) is 0 Å². The average molecular weight is 145 g/mol. The Balaban J connectivity index is 2.24. The van der Waals surface area contributed by atoms with Crippen molar-refractivity contribution in [2.24, 2.45) is 11.8 Å². The highest BCUT2D eigenvalue weighted by atomic mass is 16.6. The van der Waals surface area contributed by atoms with Crippen molar-refractivity contribution >= 4 is 5.97 Å². The van der Waals surface area contributed by atoms with Gasteiger partial charge in [-0.1, -0.05) is 12.8 Å². The SMILES string of the molecule is NO[C@H](CC1CC1)C(=O)O. The Hall–Kier alpha value is -0.610. The van der Waals surface area contributed by atoms with Gasteiger partial charge < -0.3 is 5.11 Å². The van der Waals surface area contributed by atoms with Crippen LogP contribution in [-0.2, 0) is 9.63 Å². The molecule has 0 aromatic rings. The zero-order valence-corrected chi connectivity index (χ0v) is 5.62. The number of carboxylic acids is 1. The summed E-state index contributed by atoms with van der Waals surface area (Å²) in [6.45, 7) is 0. The normalized spacial score (nSPS) is 20.5. The molecule has 1 fully saturated rings. The lowest BCUT2D eigenvalue weighted by atomic mass is 10.2. The Bertz CT molecular complexity index is 133. The molecule has 0 spiro atoms. The zero-order chi connectivity index (χ0) is 7.56. The van der Waals surface area contributed by atoms with Gasteiger partial charge >= 0.3 is 5.97 Å².